The van der Waals surface area contributed by atoms with Crippen LogP contribution in [0.3, 0.4) is 0 Å². The van der Waals surface area contributed by atoms with Gasteiger partial charge in [-0.25, -0.2) is 4.79 Å². The summed E-state index contributed by atoms with van der Waals surface area (Å²) in [5, 5.41) is 17.5. The van der Waals surface area contributed by atoms with E-state index in [9.17, 15) is 24.0 Å². The highest BCUT2D eigenvalue weighted by Crippen LogP contribution is 2.30. The Morgan fingerprint density at radius 1 is 0.889 bits per heavy atom. The number of aliphatic carboxylic acids is 1. The average molecular weight is 616 g/mol. The zero-order chi connectivity index (χ0) is 33.1. The van der Waals surface area contributed by atoms with E-state index in [1.807, 2.05) is 58.9 Å². The Kier molecular flexibility index (Phi) is 12.2. The lowest BCUT2D eigenvalue weighted by molar-refractivity contribution is -0.137. The third kappa shape index (κ3) is 9.65. The van der Waals surface area contributed by atoms with Crippen molar-refractivity contribution in [3.8, 4) is 0 Å². The van der Waals surface area contributed by atoms with Gasteiger partial charge >= 0.3 is 12.0 Å². The van der Waals surface area contributed by atoms with Crippen molar-refractivity contribution in [1.82, 2.24) is 4.90 Å². The smallest absolute Gasteiger partial charge is 0.323 e. The van der Waals surface area contributed by atoms with E-state index in [-0.39, 0.29) is 55.3 Å². The van der Waals surface area contributed by atoms with Gasteiger partial charge in [-0.2, -0.15) is 0 Å². The molecule has 1 heterocycles. The number of carboxylic acids is 1. The number of carbonyl (C=O) groups excluding carboxylic acids is 4. The van der Waals surface area contributed by atoms with Crippen LogP contribution in [0.2, 0.25) is 0 Å². The minimum absolute atomic E-state index is 0.0451. The fourth-order valence-corrected chi connectivity index (χ4v) is 4.72. The van der Waals surface area contributed by atoms with Gasteiger partial charge in [0.05, 0.1) is 24.1 Å². The van der Waals surface area contributed by atoms with Crippen molar-refractivity contribution < 1.29 is 29.1 Å². The van der Waals surface area contributed by atoms with E-state index in [4.69, 9.17) is 5.11 Å². The summed E-state index contributed by atoms with van der Waals surface area (Å²) in [6, 6.07) is 18.7. The van der Waals surface area contributed by atoms with Gasteiger partial charge in [-0.15, -0.1) is 0 Å². The van der Waals surface area contributed by atoms with E-state index in [1.54, 1.807) is 41.3 Å². The van der Waals surface area contributed by atoms with Crippen LogP contribution in [0.1, 0.15) is 55.6 Å². The van der Waals surface area contributed by atoms with Crippen LogP contribution in [0.25, 0.3) is 0 Å². The molecule has 4 rings (SSSR count). The Balaban J connectivity index is 0.00000271. The van der Waals surface area contributed by atoms with Crippen LogP contribution in [0.5, 0.6) is 0 Å². The molecule has 0 radical (unpaired) electrons. The molecule has 0 aliphatic carbocycles. The number of nitrogens with one attached hydrogen (secondary N) is 3. The number of hydrogen-bond acceptors (Lipinski definition) is 5. The Hall–Kier alpha value is -5.19. The van der Waals surface area contributed by atoms with Crippen molar-refractivity contribution in [2.75, 3.05) is 40.5 Å². The van der Waals surface area contributed by atoms with Crippen molar-refractivity contribution in [3.63, 3.8) is 0 Å². The Morgan fingerprint density at radius 3 is 2.20 bits per heavy atom. The number of rotatable bonds is 10. The van der Waals surface area contributed by atoms with Crippen LogP contribution in [-0.4, -0.2) is 59.4 Å². The van der Waals surface area contributed by atoms with E-state index in [0.717, 1.165) is 5.56 Å². The van der Waals surface area contributed by atoms with E-state index in [1.165, 1.54) is 11.0 Å². The van der Waals surface area contributed by atoms with Crippen LogP contribution in [0, 0.1) is 12.8 Å². The number of hydrogen-bond donors (Lipinski definition) is 4. The third-order valence-corrected chi connectivity index (χ3v) is 6.83. The van der Waals surface area contributed by atoms with Crippen molar-refractivity contribution in [1.29, 1.82) is 0 Å². The second-order valence-corrected chi connectivity index (χ2v) is 10.8. The van der Waals surface area contributed by atoms with Crippen LogP contribution in [-0.2, 0) is 20.8 Å². The molecule has 0 aromatic heterocycles. The molecule has 3 aromatic carbocycles. The molecule has 1 aliphatic heterocycles. The van der Waals surface area contributed by atoms with Gasteiger partial charge in [0.15, 0.2) is 0 Å². The number of carboxylic acid groups (broad SMARTS) is 1. The molecule has 0 unspecified atom stereocenters. The van der Waals surface area contributed by atoms with Gasteiger partial charge in [0, 0.05) is 30.2 Å². The predicted molar refractivity (Wildman–Crippen MR) is 176 cm³/mol. The first-order chi connectivity index (χ1) is 21.5. The minimum atomic E-state index is -1.07. The predicted octanol–water partition coefficient (Wildman–Crippen LogP) is 5.77. The highest BCUT2D eigenvalue weighted by atomic mass is 16.4. The molecular weight excluding hydrogens is 574 g/mol. The maximum Gasteiger partial charge on any atom is 0.323 e. The number of anilines is 4. The van der Waals surface area contributed by atoms with Gasteiger partial charge < -0.3 is 30.9 Å². The number of amides is 5. The summed E-state index contributed by atoms with van der Waals surface area (Å²) < 4.78 is 0. The molecule has 0 bridgehead atoms. The van der Waals surface area contributed by atoms with Crippen LogP contribution in [0.4, 0.5) is 27.5 Å². The number of carbonyl (C=O) groups is 5. The molecule has 4 N–H and O–H groups in total. The molecule has 0 fully saturated rings. The first-order valence-electron chi connectivity index (χ1n) is 15.0. The summed E-state index contributed by atoms with van der Waals surface area (Å²) in [5.41, 5.74) is 3.94. The van der Waals surface area contributed by atoms with Crippen molar-refractivity contribution in [2.45, 2.75) is 47.5 Å². The molecule has 5 amide bonds. The SMILES string of the molecule is CC.Cc1ccccc1NC(=O)Nc1ccc(CC(=O)Nc2ccc3c(c2)C(=O)N(CCC(=O)O)CC(=O)N3CC(C)C)cc1. The van der Waals surface area contributed by atoms with Gasteiger partial charge in [-0.1, -0.05) is 58.0 Å². The van der Waals surface area contributed by atoms with Crippen LogP contribution < -0.4 is 20.9 Å². The summed E-state index contributed by atoms with van der Waals surface area (Å²) in [4.78, 5) is 65.6. The maximum atomic E-state index is 13.4. The standard InChI is InChI=1S/C32H35N5O6.C2H6/c1-20(2)18-37-27-13-12-24(17-25(27)31(42)36(19-29(37)39)15-14-30(40)41)33-28(38)16-22-8-10-23(11-9-22)34-32(43)35-26-7-5-4-6-21(26)3;1-2/h4-13,17,20H,14-16,18-19H2,1-3H3,(H,33,38)(H,40,41)(H2,34,35,43);1-2H3. The molecule has 0 saturated carbocycles. The summed E-state index contributed by atoms with van der Waals surface area (Å²) in [6.45, 7) is 9.87. The summed E-state index contributed by atoms with van der Waals surface area (Å²) in [6.07, 6.45) is -0.246. The zero-order valence-corrected chi connectivity index (χ0v) is 26.3. The summed E-state index contributed by atoms with van der Waals surface area (Å²) in [5.74, 6) is -2.04. The summed E-state index contributed by atoms with van der Waals surface area (Å²) >= 11 is 0. The topological polar surface area (TPSA) is 148 Å². The largest absolute Gasteiger partial charge is 0.481 e. The molecule has 3 aromatic rings. The Morgan fingerprint density at radius 2 is 1.56 bits per heavy atom. The van der Waals surface area contributed by atoms with Gasteiger partial charge in [0.2, 0.25) is 11.8 Å². The van der Waals surface area contributed by atoms with E-state index in [2.05, 4.69) is 16.0 Å². The number of para-hydroxylation sites is 1. The Labute approximate surface area is 263 Å². The van der Waals surface area contributed by atoms with Crippen molar-refractivity contribution >= 4 is 52.5 Å². The van der Waals surface area contributed by atoms with E-state index < -0.39 is 11.9 Å². The molecule has 11 nitrogen and oxygen atoms in total. The van der Waals surface area contributed by atoms with Crippen molar-refractivity contribution in [2.24, 2.45) is 5.92 Å². The highest BCUT2D eigenvalue weighted by molar-refractivity contribution is 6.10. The van der Waals surface area contributed by atoms with E-state index in [0.29, 0.717) is 34.9 Å². The van der Waals surface area contributed by atoms with Gasteiger partial charge in [0.1, 0.15) is 6.54 Å². The fraction of sp³-hybridized carbons (Fsp3) is 0.324. The molecule has 238 valence electrons. The second-order valence-electron chi connectivity index (χ2n) is 10.8. The molecule has 0 spiro atoms. The van der Waals surface area contributed by atoms with Gasteiger partial charge in [-0.05, 0) is 60.4 Å². The second kappa shape index (κ2) is 16.0. The zero-order valence-electron chi connectivity index (χ0n) is 26.3. The maximum absolute atomic E-state index is 13.4. The Bertz CT molecular complexity index is 1540. The monoisotopic (exact) mass is 615 g/mol. The third-order valence-electron chi connectivity index (χ3n) is 6.83. The first-order valence-corrected chi connectivity index (χ1v) is 15.0. The molecule has 11 heteroatoms. The lowest BCUT2D eigenvalue weighted by atomic mass is 10.1. The fourth-order valence-electron chi connectivity index (χ4n) is 4.72. The molecular formula is C34H41N5O6. The number of aryl methyl sites for hydroxylation is 1. The lowest BCUT2D eigenvalue weighted by Crippen LogP contribution is -2.41. The molecule has 0 atom stereocenters. The normalized spacial score (nSPS) is 12.5. The van der Waals surface area contributed by atoms with Crippen LogP contribution in [0.15, 0.2) is 66.7 Å². The van der Waals surface area contributed by atoms with E-state index >= 15 is 0 Å². The van der Waals surface area contributed by atoms with Crippen LogP contribution >= 0.6 is 0 Å². The average Bonchev–Trinajstić information content (AvgIpc) is 3.09. The summed E-state index contributed by atoms with van der Waals surface area (Å²) in [7, 11) is 0. The first kappa shape index (κ1) is 34.3. The number of fused-ring (bicyclic) bond motifs is 1. The number of urea groups is 1. The molecule has 45 heavy (non-hydrogen) atoms. The van der Waals surface area contributed by atoms with Gasteiger partial charge in [-0.3, -0.25) is 19.2 Å². The van der Waals surface area contributed by atoms with Gasteiger partial charge in [0.25, 0.3) is 5.91 Å². The minimum Gasteiger partial charge on any atom is -0.481 e. The molecule has 1 aliphatic rings. The highest BCUT2D eigenvalue weighted by Gasteiger charge is 2.32. The quantitative estimate of drug-likeness (QED) is 0.228. The van der Waals surface area contributed by atoms with Crippen molar-refractivity contribution in [3.05, 3.63) is 83.4 Å². The lowest BCUT2D eigenvalue weighted by Gasteiger charge is -2.24. The number of benzene rings is 3. The molecule has 0 saturated heterocycles. The number of nitrogens with zero attached hydrogens (tertiary/aromatic N) is 2.